The Kier molecular flexibility index (Phi) is 5.35. The number of hydrogen-bond acceptors (Lipinski definition) is 6. The van der Waals surface area contributed by atoms with Gasteiger partial charge in [0, 0.05) is 19.8 Å². The van der Waals surface area contributed by atoms with Crippen LogP contribution in [0.1, 0.15) is 43.9 Å². The zero-order valence-corrected chi connectivity index (χ0v) is 19.8. The summed E-state index contributed by atoms with van der Waals surface area (Å²) < 4.78 is 9.59. The fourth-order valence-electron chi connectivity index (χ4n) is 5.47. The fraction of sp³-hybridized carbons (Fsp3) is 0.400. The predicted octanol–water partition coefficient (Wildman–Crippen LogP) is 3.05. The first-order chi connectivity index (χ1) is 16.7. The molecule has 2 aliphatic rings. The van der Waals surface area contributed by atoms with Crippen molar-refractivity contribution < 1.29 is 14.6 Å². The van der Waals surface area contributed by atoms with Gasteiger partial charge in [0.05, 0.1) is 47.3 Å². The SMILES string of the molecule is Cn1ccc(C(=N)/C=C(\[OH2+])N2C[C@@]3(CCC[C@](C)(Cn4cnc5ccc(C#N)cc54)C3)OC2=O)n1. The van der Waals surface area contributed by atoms with Gasteiger partial charge in [-0.2, -0.15) is 15.3 Å². The number of rotatable bonds is 5. The maximum absolute atomic E-state index is 12.8. The molecular weight excluding hydrogens is 446 g/mol. The van der Waals surface area contributed by atoms with E-state index in [1.807, 2.05) is 12.1 Å². The number of hydrogen-bond donors (Lipinski definition) is 1. The van der Waals surface area contributed by atoms with E-state index in [4.69, 9.17) is 15.3 Å². The van der Waals surface area contributed by atoms with Gasteiger partial charge in [-0.15, -0.1) is 0 Å². The third-order valence-corrected chi connectivity index (χ3v) is 7.00. The Morgan fingerprint density at radius 1 is 1.37 bits per heavy atom. The number of allylic oxidation sites excluding steroid dienone is 1. The Morgan fingerprint density at radius 2 is 2.20 bits per heavy atom. The number of carbonyl (C=O) groups excluding carboxylic acids is 1. The molecule has 0 radical (unpaired) electrons. The van der Waals surface area contributed by atoms with E-state index in [1.165, 1.54) is 11.0 Å². The molecule has 2 fully saturated rings. The molecule has 180 valence electrons. The molecule has 1 saturated heterocycles. The Labute approximate surface area is 202 Å². The molecule has 1 aliphatic heterocycles. The van der Waals surface area contributed by atoms with Gasteiger partial charge >= 0.3 is 12.0 Å². The van der Waals surface area contributed by atoms with E-state index in [-0.39, 0.29) is 23.6 Å². The van der Waals surface area contributed by atoms with Gasteiger partial charge in [-0.25, -0.2) is 9.78 Å². The first kappa shape index (κ1) is 22.7. The number of aryl methyl sites for hydroxylation is 1. The summed E-state index contributed by atoms with van der Waals surface area (Å²) in [6, 6.07) is 9.36. The maximum atomic E-state index is 12.8. The molecule has 5 rings (SSSR count). The van der Waals surface area contributed by atoms with Crippen LogP contribution in [-0.4, -0.2) is 53.3 Å². The van der Waals surface area contributed by atoms with Crippen molar-refractivity contribution in [2.75, 3.05) is 6.54 Å². The lowest BCUT2D eigenvalue weighted by Gasteiger charge is -2.43. The molecule has 10 heteroatoms. The molecule has 0 unspecified atom stereocenters. The third kappa shape index (κ3) is 4.25. The van der Waals surface area contributed by atoms with Crippen molar-refractivity contribution in [3.63, 3.8) is 0 Å². The maximum Gasteiger partial charge on any atom is 0.421 e. The normalized spacial score (nSPS) is 24.7. The van der Waals surface area contributed by atoms with Gasteiger partial charge in [-0.3, -0.25) is 10.1 Å². The Bertz CT molecular complexity index is 1400. The Hall–Kier alpha value is -4.13. The van der Waals surface area contributed by atoms with E-state index in [2.05, 4.69) is 27.6 Å². The quantitative estimate of drug-likeness (QED) is 0.344. The number of nitrogens with one attached hydrogen (secondary N) is 1. The standard InChI is InChI=1S/C25H27N7O3/c1-24(14-31-16-28-20-5-4-17(12-26)10-21(20)31)7-3-8-25(13-24)15-32(23(34)35-25)22(33)11-18(27)19-6-9-30(2)29-19/h4-6,9-11,16,27,33H,3,7-8,13-15H2,1-2H3/p+1/b22-11-,27-18?/t24-,25-/m0/s1. The van der Waals surface area contributed by atoms with E-state index in [1.54, 1.807) is 36.4 Å². The van der Waals surface area contributed by atoms with Crippen LogP contribution in [0.5, 0.6) is 0 Å². The molecule has 3 heterocycles. The largest absolute Gasteiger partial charge is 0.580 e. The molecule has 1 spiro atoms. The van der Waals surface area contributed by atoms with Crippen molar-refractivity contribution in [2.24, 2.45) is 12.5 Å². The van der Waals surface area contributed by atoms with E-state index in [0.717, 1.165) is 30.3 Å². The van der Waals surface area contributed by atoms with Crippen LogP contribution in [0.3, 0.4) is 0 Å². The van der Waals surface area contributed by atoms with E-state index < -0.39 is 11.7 Å². The van der Waals surface area contributed by atoms with Gasteiger partial charge in [-0.1, -0.05) is 6.92 Å². The van der Waals surface area contributed by atoms with Gasteiger partial charge in [0.2, 0.25) is 0 Å². The highest BCUT2D eigenvalue weighted by molar-refractivity contribution is 6.05. The lowest BCUT2D eigenvalue weighted by molar-refractivity contribution is -0.0270. The number of carbonyl (C=O) groups is 1. The number of nitrogens with zero attached hydrogens (tertiary/aromatic N) is 6. The first-order valence-electron chi connectivity index (χ1n) is 11.6. The average Bonchev–Trinajstić information content (AvgIpc) is 3.50. The highest BCUT2D eigenvalue weighted by atomic mass is 16.6. The smallest absolute Gasteiger partial charge is 0.421 e. The molecule has 10 nitrogen and oxygen atoms in total. The van der Waals surface area contributed by atoms with Crippen LogP contribution in [0.4, 0.5) is 4.79 Å². The fourth-order valence-corrected chi connectivity index (χ4v) is 5.47. The molecule has 0 bridgehead atoms. The molecular formula is C25H28N7O3+. The van der Waals surface area contributed by atoms with Gasteiger partial charge in [0.25, 0.3) is 0 Å². The second kappa shape index (κ2) is 8.27. The molecule has 2 aromatic heterocycles. The van der Waals surface area contributed by atoms with Crippen molar-refractivity contribution in [1.29, 1.82) is 10.7 Å². The van der Waals surface area contributed by atoms with E-state index >= 15 is 0 Å². The molecule has 3 aromatic rings. The van der Waals surface area contributed by atoms with Crippen molar-refractivity contribution in [2.45, 2.75) is 44.8 Å². The molecule has 2 atom stereocenters. The highest BCUT2D eigenvalue weighted by Crippen LogP contribution is 2.47. The number of amides is 1. The Balaban J connectivity index is 1.34. The summed E-state index contributed by atoms with van der Waals surface area (Å²) >= 11 is 0. The van der Waals surface area contributed by atoms with Crippen LogP contribution in [0, 0.1) is 22.2 Å². The minimum atomic E-state index is -0.675. The van der Waals surface area contributed by atoms with Gasteiger partial charge < -0.3 is 14.4 Å². The number of aromatic nitrogens is 4. The molecule has 1 saturated carbocycles. The molecule has 35 heavy (non-hydrogen) atoms. The average molecular weight is 475 g/mol. The van der Waals surface area contributed by atoms with E-state index in [0.29, 0.717) is 24.2 Å². The summed E-state index contributed by atoms with van der Waals surface area (Å²) in [5.74, 6) is -0.0700. The van der Waals surface area contributed by atoms with Crippen LogP contribution in [0.25, 0.3) is 11.0 Å². The Morgan fingerprint density at radius 3 is 2.94 bits per heavy atom. The van der Waals surface area contributed by atoms with Crippen molar-refractivity contribution in [3.8, 4) is 6.07 Å². The highest BCUT2D eigenvalue weighted by Gasteiger charge is 2.53. The molecule has 3 N–H and O–H groups in total. The van der Waals surface area contributed by atoms with Crippen molar-refractivity contribution in [1.82, 2.24) is 24.2 Å². The summed E-state index contributed by atoms with van der Waals surface area (Å²) in [5.41, 5.74) is 2.04. The monoisotopic (exact) mass is 474 g/mol. The van der Waals surface area contributed by atoms with Crippen LogP contribution >= 0.6 is 0 Å². The topological polar surface area (TPSA) is 136 Å². The number of fused-ring (bicyclic) bond motifs is 1. The molecule has 1 aliphatic carbocycles. The van der Waals surface area contributed by atoms with Crippen LogP contribution < -0.4 is 0 Å². The number of nitriles is 1. The number of imidazole rings is 1. The van der Waals surface area contributed by atoms with Crippen molar-refractivity contribution >= 4 is 22.8 Å². The summed E-state index contributed by atoms with van der Waals surface area (Å²) in [6.07, 6.45) is 7.59. The zero-order chi connectivity index (χ0) is 24.8. The van der Waals surface area contributed by atoms with Gasteiger partial charge in [0.1, 0.15) is 11.3 Å². The summed E-state index contributed by atoms with van der Waals surface area (Å²) in [5, 5.41) is 30.1. The lowest BCUT2D eigenvalue weighted by atomic mass is 9.68. The second-order valence-corrected chi connectivity index (χ2v) is 9.98. The van der Waals surface area contributed by atoms with Gasteiger partial charge in [-0.05, 0) is 55.4 Å². The van der Waals surface area contributed by atoms with Crippen molar-refractivity contribution in [3.05, 3.63) is 60.0 Å². The first-order valence-corrected chi connectivity index (χ1v) is 11.6. The number of benzene rings is 1. The predicted molar refractivity (Wildman–Crippen MR) is 129 cm³/mol. The van der Waals surface area contributed by atoms with Crippen LogP contribution in [0.15, 0.2) is 48.7 Å². The summed E-state index contributed by atoms with van der Waals surface area (Å²) in [4.78, 5) is 18.6. The molecule has 1 amide bonds. The molecule has 1 aromatic carbocycles. The lowest BCUT2D eigenvalue weighted by Crippen LogP contribution is -2.44. The third-order valence-electron chi connectivity index (χ3n) is 7.00. The zero-order valence-electron chi connectivity index (χ0n) is 19.8. The van der Waals surface area contributed by atoms with Crippen LogP contribution in [0.2, 0.25) is 0 Å². The van der Waals surface area contributed by atoms with E-state index in [9.17, 15) is 10.1 Å². The van der Waals surface area contributed by atoms with Gasteiger partial charge in [0.15, 0.2) is 0 Å². The second-order valence-electron chi connectivity index (χ2n) is 9.98. The number of ether oxygens (including phenoxy) is 1. The minimum absolute atomic E-state index is 0.0700. The summed E-state index contributed by atoms with van der Waals surface area (Å²) in [6.45, 7) is 3.17. The minimum Gasteiger partial charge on any atom is -0.580 e. The summed E-state index contributed by atoms with van der Waals surface area (Å²) in [7, 11) is 1.76. The van der Waals surface area contributed by atoms with Crippen LogP contribution in [-0.2, 0) is 18.3 Å².